The molecule has 0 spiro atoms. The first kappa shape index (κ1) is 46.9. The first-order chi connectivity index (χ1) is 23.7. The van der Waals surface area contributed by atoms with Gasteiger partial charge in [-0.1, -0.05) is 140 Å². The number of carbonyl (C=O) groups is 2. The Morgan fingerprint density at radius 2 is 1.16 bits per heavy atom. The van der Waals surface area contributed by atoms with Crippen molar-refractivity contribution in [1.82, 2.24) is 0 Å². The number of phosphoric acid groups is 1. The Kier molecular flexibility index (Phi) is 32.9. The maximum Gasteiger partial charge on any atom is 0.472 e. The van der Waals surface area contributed by atoms with Crippen LogP contribution in [0.2, 0.25) is 0 Å². The van der Waals surface area contributed by atoms with E-state index in [0.717, 1.165) is 57.8 Å². The molecule has 0 aromatic rings. The maximum absolute atomic E-state index is 12.5. The lowest BCUT2D eigenvalue weighted by atomic mass is 10.0. The maximum atomic E-state index is 12.5. The number of esters is 1. The van der Waals surface area contributed by atoms with Crippen LogP contribution in [0.25, 0.3) is 0 Å². The molecule has 0 rings (SSSR count). The summed E-state index contributed by atoms with van der Waals surface area (Å²) in [4.78, 5) is 33.3. The van der Waals surface area contributed by atoms with Gasteiger partial charge in [0.1, 0.15) is 12.1 Å². The number of allylic oxidation sites excluding steroid dienone is 8. The number of carbonyl (C=O) groups excluding carboxylic acids is 1. The number of carboxylic acids is 1. The molecule has 0 saturated carbocycles. The van der Waals surface area contributed by atoms with Crippen LogP contribution in [0, 0.1) is 0 Å². The van der Waals surface area contributed by atoms with Gasteiger partial charge in [-0.15, -0.1) is 0 Å². The van der Waals surface area contributed by atoms with Gasteiger partial charge in [0.15, 0.2) is 0 Å². The van der Waals surface area contributed by atoms with Gasteiger partial charge in [-0.25, -0.2) is 4.57 Å². The lowest BCUT2D eigenvalue weighted by molar-refractivity contribution is -0.154. The second kappa shape index (κ2) is 34.4. The highest BCUT2D eigenvalue weighted by Crippen LogP contribution is 2.43. The van der Waals surface area contributed by atoms with Gasteiger partial charge in [-0.2, -0.15) is 0 Å². The Labute approximate surface area is 297 Å². The zero-order valence-corrected chi connectivity index (χ0v) is 31.4. The van der Waals surface area contributed by atoms with Crippen molar-refractivity contribution in [3.8, 4) is 0 Å². The highest BCUT2D eigenvalue weighted by Gasteiger charge is 2.27. The van der Waals surface area contributed by atoms with Gasteiger partial charge in [-0.05, 0) is 44.9 Å². The molecule has 0 saturated heterocycles. The predicted octanol–water partition coefficient (Wildman–Crippen LogP) is 9.53. The summed E-state index contributed by atoms with van der Waals surface area (Å²) in [7, 11) is -4.62. The summed E-state index contributed by atoms with van der Waals surface area (Å²) >= 11 is 0. The Balaban J connectivity index is 4.41. The SMILES string of the molecule is CC/C=C\C/C=C\C/C=C\C/C=C\CCCOCC(COP(=O)(O)OCC(N)C(=O)O)OC(=O)CCCCCCCCCCCCCCC. The van der Waals surface area contributed by atoms with Gasteiger partial charge in [0, 0.05) is 13.0 Å². The van der Waals surface area contributed by atoms with Crippen LogP contribution in [0.5, 0.6) is 0 Å². The Morgan fingerprint density at radius 1 is 0.673 bits per heavy atom. The molecule has 4 N–H and O–H groups in total. The van der Waals surface area contributed by atoms with Crippen LogP contribution in [-0.4, -0.2) is 60.5 Å². The summed E-state index contributed by atoms with van der Waals surface area (Å²) in [6.07, 6.45) is 37.5. The minimum absolute atomic E-state index is 0.0206. The van der Waals surface area contributed by atoms with E-state index in [4.69, 9.17) is 24.8 Å². The van der Waals surface area contributed by atoms with E-state index >= 15 is 0 Å². The van der Waals surface area contributed by atoms with Crippen molar-refractivity contribution in [2.24, 2.45) is 5.73 Å². The molecule has 49 heavy (non-hydrogen) atoms. The molecule has 0 aliphatic carbocycles. The van der Waals surface area contributed by atoms with Crippen LogP contribution in [0.3, 0.4) is 0 Å². The third-order valence-electron chi connectivity index (χ3n) is 7.62. The summed E-state index contributed by atoms with van der Waals surface area (Å²) in [5, 5.41) is 8.86. The van der Waals surface area contributed by atoms with Crippen molar-refractivity contribution < 1.29 is 42.7 Å². The smallest absolute Gasteiger partial charge is 0.472 e. The topological polar surface area (TPSA) is 155 Å². The van der Waals surface area contributed by atoms with Crippen LogP contribution in [0.4, 0.5) is 0 Å². The largest absolute Gasteiger partial charge is 0.480 e. The fourth-order valence-corrected chi connectivity index (χ4v) is 5.50. The van der Waals surface area contributed by atoms with Crippen LogP contribution in [0.15, 0.2) is 48.6 Å². The summed E-state index contributed by atoms with van der Waals surface area (Å²) in [5.41, 5.74) is 5.33. The lowest BCUT2D eigenvalue weighted by Crippen LogP contribution is -2.34. The molecule has 10 nitrogen and oxygen atoms in total. The molecule has 3 atom stereocenters. The van der Waals surface area contributed by atoms with Gasteiger partial charge in [0.05, 0.1) is 19.8 Å². The molecule has 11 heteroatoms. The van der Waals surface area contributed by atoms with E-state index in [1.165, 1.54) is 57.8 Å². The van der Waals surface area contributed by atoms with Crippen LogP contribution in [0.1, 0.15) is 142 Å². The predicted molar refractivity (Wildman–Crippen MR) is 198 cm³/mol. The third kappa shape index (κ3) is 34.2. The van der Waals surface area contributed by atoms with E-state index in [2.05, 4.69) is 67.0 Å². The van der Waals surface area contributed by atoms with Gasteiger partial charge in [0.25, 0.3) is 0 Å². The number of unbranched alkanes of at least 4 members (excludes halogenated alkanes) is 13. The van der Waals surface area contributed by atoms with Crippen molar-refractivity contribution in [2.75, 3.05) is 26.4 Å². The summed E-state index contributed by atoms with van der Waals surface area (Å²) in [5.74, 6) is -1.81. The van der Waals surface area contributed by atoms with Crippen LogP contribution < -0.4 is 5.73 Å². The van der Waals surface area contributed by atoms with Crippen LogP contribution in [-0.2, 0) is 32.7 Å². The van der Waals surface area contributed by atoms with Crippen molar-refractivity contribution in [3.05, 3.63) is 48.6 Å². The molecule has 0 fully saturated rings. The minimum atomic E-state index is -4.62. The molecule has 0 radical (unpaired) electrons. The molecule has 0 aromatic heterocycles. The summed E-state index contributed by atoms with van der Waals surface area (Å²) in [6, 6.07) is -1.48. The molecule has 0 heterocycles. The second-order valence-electron chi connectivity index (χ2n) is 12.3. The van der Waals surface area contributed by atoms with E-state index in [-0.39, 0.29) is 13.0 Å². The third-order valence-corrected chi connectivity index (χ3v) is 8.57. The molecule has 0 amide bonds. The number of hydrogen-bond acceptors (Lipinski definition) is 8. The zero-order chi connectivity index (χ0) is 36.3. The molecule has 0 aliphatic heterocycles. The van der Waals surface area contributed by atoms with Crippen molar-refractivity contribution in [2.45, 2.75) is 154 Å². The minimum Gasteiger partial charge on any atom is -0.480 e. The quantitative estimate of drug-likeness (QED) is 0.0250. The number of ether oxygens (including phenoxy) is 2. The number of carboxylic acid groups (broad SMARTS) is 1. The fraction of sp³-hybridized carbons (Fsp3) is 0.737. The molecule has 0 aromatic carbocycles. The molecule has 0 aliphatic rings. The second-order valence-corrected chi connectivity index (χ2v) is 13.8. The number of aliphatic carboxylic acids is 1. The van der Waals surface area contributed by atoms with Gasteiger partial charge in [-0.3, -0.25) is 18.6 Å². The highest BCUT2D eigenvalue weighted by atomic mass is 31.2. The van der Waals surface area contributed by atoms with Crippen LogP contribution >= 0.6 is 7.82 Å². The van der Waals surface area contributed by atoms with Gasteiger partial charge < -0.3 is 25.2 Å². The van der Waals surface area contributed by atoms with Crippen molar-refractivity contribution in [3.63, 3.8) is 0 Å². The molecular weight excluding hydrogens is 645 g/mol. The van der Waals surface area contributed by atoms with E-state index in [9.17, 15) is 19.0 Å². The Morgan fingerprint density at radius 3 is 1.69 bits per heavy atom. The fourth-order valence-electron chi connectivity index (χ4n) is 4.72. The molecular formula is C38H68NO9P. The zero-order valence-electron chi connectivity index (χ0n) is 30.5. The van der Waals surface area contributed by atoms with E-state index in [1.54, 1.807) is 0 Å². The van der Waals surface area contributed by atoms with Gasteiger partial charge >= 0.3 is 19.8 Å². The van der Waals surface area contributed by atoms with Crippen molar-refractivity contribution in [1.29, 1.82) is 0 Å². The summed E-state index contributed by atoms with van der Waals surface area (Å²) < 4.78 is 33.1. The van der Waals surface area contributed by atoms with E-state index in [0.29, 0.717) is 13.0 Å². The van der Waals surface area contributed by atoms with E-state index < -0.39 is 45.1 Å². The molecule has 0 bridgehead atoms. The molecule has 284 valence electrons. The first-order valence-corrected chi connectivity index (χ1v) is 20.2. The first-order valence-electron chi connectivity index (χ1n) is 18.7. The standard InChI is InChI=1S/C38H68NO9P/c1-3-5-7-9-11-13-15-17-19-21-23-25-27-29-31-45-32-35(33-46-49(43,44)47-34-36(39)38(41)42)48-37(40)30-28-26-24-22-20-18-16-14-12-10-8-6-4-2/h5,7,11,13,17,19,23,25,35-36H,3-4,6,8-10,12,14-16,18,20-22,24,26-34,39H2,1-2H3,(H,41,42)(H,43,44)/b7-5-,13-11-,19-17-,25-23-. The monoisotopic (exact) mass is 713 g/mol. The average Bonchev–Trinajstić information content (AvgIpc) is 3.07. The number of rotatable bonds is 35. The number of hydrogen-bond donors (Lipinski definition) is 3. The Hall–Kier alpha value is -2.07. The highest BCUT2D eigenvalue weighted by molar-refractivity contribution is 7.47. The normalized spacial score (nSPS) is 14.7. The number of nitrogens with two attached hydrogens (primary N) is 1. The number of phosphoric ester groups is 1. The average molecular weight is 714 g/mol. The lowest BCUT2D eigenvalue weighted by Gasteiger charge is -2.20. The van der Waals surface area contributed by atoms with E-state index in [1.807, 2.05) is 0 Å². The summed E-state index contributed by atoms with van der Waals surface area (Å²) in [6.45, 7) is 3.60. The van der Waals surface area contributed by atoms with Crippen molar-refractivity contribution >= 4 is 19.8 Å². The van der Waals surface area contributed by atoms with Gasteiger partial charge in [0.2, 0.25) is 0 Å². The Bertz CT molecular complexity index is 967. The molecule has 3 unspecified atom stereocenters.